The van der Waals surface area contributed by atoms with E-state index in [2.05, 4.69) is 4.98 Å². The predicted molar refractivity (Wildman–Crippen MR) is 46.7 cm³/mol. The first-order valence-electron chi connectivity index (χ1n) is 4.45. The monoisotopic (exact) mass is 181 g/mol. The lowest BCUT2D eigenvalue weighted by molar-refractivity contribution is 0.211. The van der Waals surface area contributed by atoms with Crippen molar-refractivity contribution >= 4 is 0 Å². The van der Waals surface area contributed by atoms with Crippen molar-refractivity contribution in [2.75, 3.05) is 6.61 Å². The first kappa shape index (κ1) is 8.63. The number of aliphatic hydroxyl groups excluding tert-OH is 1. The van der Waals surface area contributed by atoms with Gasteiger partial charge in [0.05, 0.1) is 0 Å². The van der Waals surface area contributed by atoms with Crippen molar-refractivity contribution in [2.45, 2.75) is 19.3 Å². The summed E-state index contributed by atoms with van der Waals surface area (Å²) >= 11 is 0. The zero-order chi connectivity index (χ0) is 9.31. The number of aromatic nitrogens is 1. The summed E-state index contributed by atoms with van der Waals surface area (Å²) in [5.74, 6) is -0.447. The number of aliphatic hydroxyl groups is 1. The zero-order valence-electron chi connectivity index (χ0n) is 7.33. The third-order valence-electron chi connectivity index (χ3n) is 2.66. The van der Waals surface area contributed by atoms with Gasteiger partial charge >= 0.3 is 0 Å². The van der Waals surface area contributed by atoms with E-state index in [4.69, 9.17) is 5.11 Å². The number of hydrogen-bond donors (Lipinski definition) is 1. The Hall–Kier alpha value is -0.960. The fourth-order valence-electron chi connectivity index (χ4n) is 1.51. The molecule has 2 rings (SSSR count). The second-order valence-electron chi connectivity index (χ2n) is 3.82. The highest BCUT2D eigenvalue weighted by Crippen LogP contribution is 2.47. The maximum atomic E-state index is 12.5. The fraction of sp³-hybridized carbons (Fsp3) is 0.500. The molecular formula is C10H12FNO. The molecule has 1 aliphatic carbocycles. The van der Waals surface area contributed by atoms with Crippen LogP contribution in [-0.4, -0.2) is 16.7 Å². The van der Waals surface area contributed by atoms with E-state index in [1.165, 1.54) is 6.07 Å². The van der Waals surface area contributed by atoms with Crippen LogP contribution in [0.4, 0.5) is 4.39 Å². The second kappa shape index (κ2) is 3.07. The lowest BCUT2D eigenvalue weighted by Gasteiger charge is -2.10. The molecule has 1 fully saturated rings. The molecule has 1 aromatic heterocycles. The van der Waals surface area contributed by atoms with E-state index in [0.29, 0.717) is 0 Å². The number of rotatable bonds is 3. The number of nitrogens with zero attached hydrogens (tertiary/aromatic N) is 1. The van der Waals surface area contributed by atoms with Gasteiger partial charge in [-0.1, -0.05) is 6.07 Å². The molecule has 0 aliphatic heterocycles. The summed E-state index contributed by atoms with van der Waals surface area (Å²) in [7, 11) is 0. The lowest BCUT2D eigenvalue weighted by Crippen LogP contribution is -2.10. The molecular weight excluding hydrogens is 169 g/mol. The van der Waals surface area contributed by atoms with Gasteiger partial charge in [0.15, 0.2) is 0 Å². The fourth-order valence-corrected chi connectivity index (χ4v) is 1.51. The molecule has 0 atom stereocenters. The van der Waals surface area contributed by atoms with Gasteiger partial charge in [-0.15, -0.1) is 0 Å². The van der Waals surface area contributed by atoms with Crippen LogP contribution in [0.15, 0.2) is 18.3 Å². The third-order valence-corrected chi connectivity index (χ3v) is 2.66. The molecule has 0 bridgehead atoms. The Labute approximate surface area is 76.4 Å². The van der Waals surface area contributed by atoms with Crippen LogP contribution in [0.2, 0.25) is 0 Å². The van der Waals surface area contributed by atoms with Crippen molar-refractivity contribution < 1.29 is 9.50 Å². The van der Waals surface area contributed by atoms with Crippen LogP contribution in [0.5, 0.6) is 0 Å². The highest BCUT2D eigenvalue weighted by Gasteiger charge is 2.41. The van der Waals surface area contributed by atoms with Crippen molar-refractivity contribution in [3.8, 4) is 0 Å². The molecule has 0 aromatic carbocycles. The standard InChI is InChI=1S/C10H12FNO/c11-9-2-1-8(6-12-9)5-10(7-13)3-4-10/h1-2,6,13H,3-5,7H2. The lowest BCUT2D eigenvalue weighted by atomic mass is 9.99. The van der Waals surface area contributed by atoms with Crippen molar-refractivity contribution in [1.29, 1.82) is 0 Å². The maximum absolute atomic E-state index is 12.5. The predicted octanol–water partition coefficient (Wildman–Crippen LogP) is 1.54. The summed E-state index contributed by atoms with van der Waals surface area (Å²) in [6.07, 6.45) is 4.50. The molecule has 2 nitrogen and oxygen atoms in total. The van der Waals surface area contributed by atoms with E-state index in [-0.39, 0.29) is 12.0 Å². The number of halogens is 1. The summed E-state index contributed by atoms with van der Waals surface area (Å²) in [4.78, 5) is 3.58. The maximum Gasteiger partial charge on any atom is 0.212 e. The number of hydrogen-bond acceptors (Lipinski definition) is 2. The smallest absolute Gasteiger partial charge is 0.212 e. The Morgan fingerprint density at radius 2 is 2.23 bits per heavy atom. The first-order chi connectivity index (χ1) is 6.24. The molecule has 0 spiro atoms. The highest BCUT2D eigenvalue weighted by atomic mass is 19.1. The van der Waals surface area contributed by atoms with E-state index in [1.54, 1.807) is 12.3 Å². The Bertz CT molecular complexity index is 292. The quantitative estimate of drug-likeness (QED) is 0.717. The van der Waals surface area contributed by atoms with E-state index in [0.717, 1.165) is 24.8 Å². The Morgan fingerprint density at radius 1 is 1.46 bits per heavy atom. The molecule has 0 amide bonds. The van der Waals surface area contributed by atoms with Crippen molar-refractivity contribution in [1.82, 2.24) is 4.98 Å². The van der Waals surface area contributed by atoms with E-state index >= 15 is 0 Å². The van der Waals surface area contributed by atoms with Crippen LogP contribution in [0.25, 0.3) is 0 Å². The van der Waals surface area contributed by atoms with Gasteiger partial charge in [-0.2, -0.15) is 4.39 Å². The average molecular weight is 181 g/mol. The largest absolute Gasteiger partial charge is 0.396 e. The van der Waals surface area contributed by atoms with Crippen LogP contribution in [-0.2, 0) is 6.42 Å². The van der Waals surface area contributed by atoms with Crippen LogP contribution in [0.1, 0.15) is 18.4 Å². The summed E-state index contributed by atoms with van der Waals surface area (Å²) < 4.78 is 12.5. The Balaban J connectivity index is 2.06. The van der Waals surface area contributed by atoms with Gasteiger partial charge in [0, 0.05) is 12.8 Å². The minimum absolute atomic E-state index is 0.0828. The molecule has 0 unspecified atom stereocenters. The Kier molecular flexibility index (Phi) is 2.04. The molecule has 70 valence electrons. The minimum Gasteiger partial charge on any atom is -0.396 e. The van der Waals surface area contributed by atoms with Crippen LogP contribution in [0.3, 0.4) is 0 Å². The Morgan fingerprint density at radius 3 is 2.69 bits per heavy atom. The van der Waals surface area contributed by atoms with Gasteiger partial charge in [-0.3, -0.25) is 0 Å². The number of pyridine rings is 1. The van der Waals surface area contributed by atoms with Gasteiger partial charge in [0.25, 0.3) is 0 Å². The summed E-state index contributed by atoms with van der Waals surface area (Å²) in [5, 5.41) is 9.08. The van der Waals surface area contributed by atoms with Gasteiger partial charge < -0.3 is 5.11 Å². The normalized spacial score (nSPS) is 18.6. The van der Waals surface area contributed by atoms with Gasteiger partial charge in [-0.25, -0.2) is 4.98 Å². The van der Waals surface area contributed by atoms with Crippen LogP contribution >= 0.6 is 0 Å². The van der Waals surface area contributed by atoms with Gasteiger partial charge in [0.2, 0.25) is 5.95 Å². The van der Waals surface area contributed by atoms with Crippen molar-refractivity contribution in [3.63, 3.8) is 0 Å². The van der Waals surface area contributed by atoms with E-state index < -0.39 is 5.95 Å². The summed E-state index contributed by atoms with van der Waals surface area (Å²) in [5.41, 5.74) is 1.09. The molecule has 0 radical (unpaired) electrons. The molecule has 1 aromatic rings. The first-order valence-corrected chi connectivity index (χ1v) is 4.45. The summed E-state index contributed by atoms with van der Waals surface area (Å²) in [6.45, 7) is 0.227. The van der Waals surface area contributed by atoms with E-state index in [1.807, 2.05) is 0 Å². The molecule has 13 heavy (non-hydrogen) atoms. The zero-order valence-corrected chi connectivity index (χ0v) is 7.33. The molecule has 3 heteroatoms. The third kappa shape index (κ3) is 1.86. The van der Waals surface area contributed by atoms with E-state index in [9.17, 15) is 4.39 Å². The highest BCUT2D eigenvalue weighted by molar-refractivity contribution is 5.14. The SMILES string of the molecule is OCC1(Cc2ccc(F)nc2)CC1. The topological polar surface area (TPSA) is 33.1 Å². The molecule has 1 N–H and O–H groups in total. The minimum atomic E-state index is -0.447. The van der Waals surface area contributed by atoms with Gasteiger partial charge in [0.1, 0.15) is 0 Å². The van der Waals surface area contributed by atoms with Gasteiger partial charge in [-0.05, 0) is 36.3 Å². The molecule has 1 heterocycles. The molecule has 0 saturated heterocycles. The van der Waals surface area contributed by atoms with Crippen molar-refractivity contribution in [2.24, 2.45) is 5.41 Å². The van der Waals surface area contributed by atoms with Crippen LogP contribution in [0, 0.1) is 11.4 Å². The molecule has 1 saturated carbocycles. The second-order valence-corrected chi connectivity index (χ2v) is 3.82. The van der Waals surface area contributed by atoms with Crippen molar-refractivity contribution in [3.05, 3.63) is 29.8 Å². The summed E-state index contributed by atoms with van der Waals surface area (Å²) in [6, 6.07) is 3.10. The van der Waals surface area contributed by atoms with Crippen LogP contribution < -0.4 is 0 Å². The average Bonchev–Trinajstić information content (AvgIpc) is 2.90. The molecule has 1 aliphatic rings.